The van der Waals surface area contributed by atoms with E-state index in [1.807, 2.05) is 24.1 Å². The molecule has 1 aromatic heterocycles. The molecule has 2 rings (SSSR count). The highest BCUT2D eigenvalue weighted by molar-refractivity contribution is 5.79. The molecule has 1 saturated heterocycles. The number of carbonyl (C=O) groups excluding carboxylic acids is 1. The van der Waals surface area contributed by atoms with Gasteiger partial charge >= 0.3 is 0 Å². The molecule has 1 fully saturated rings. The van der Waals surface area contributed by atoms with Crippen molar-refractivity contribution in [1.29, 1.82) is 0 Å². The predicted octanol–water partition coefficient (Wildman–Crippen LogP) is -0.0504. The molecule has 0 unspecified atom stereocenters. The Kier molecular flexibility index (Phi) is 3.93. The maximum atomic E-state index is 11.6. The van der Waals surface area contributed by atoms with Crippen LogP contribution in [0.2, 0.25) is 0 Å². The SMILES string of the molecule is CN(CCN1CCNCC1=O)c1ccncc1. The molecule has 17 heavy (non-hydrogen) atoms. The summed E-state index contributed by atoms with van der Waals surface area (Å²) >= 11 is 0. The van der Waals surface area contributed by atoms with Gasteiger partial charge in [-0.25, -0.2) is 0 Å². The van der Waals surface area contributed by atoms with Crippen LogP contribution in [-0.4, -0.2) is 55.6 Å². The molecule has 0 aromatic carbocycles. The van der Waals surface area contributed by atoms with Crippen LogP contribution in [0.5, 0.6) is 0 Å². The van der Waals surface area contributed by atoms with Gasteiger partial charge in [0.05, 0.1) is 6.54 Å². The number of rotatable bonds is 4. The van der Waals surface area contributed by atoms with Crippen LogP contribution in [0.3, 0.4) is 0 Å². The fraction of sp³-hybridized carbons (Fsp3) is 0.500. The molecule has 5 nitrogen and oxygen atoms in total. The van der Waals surface area contributed by atoms with Crippen molar-refractivity contribution in [3.8, 4) is 0 Å². The summed E-state index contributed by atoms with van der Waals surface area (Å²) in [5, 5.41) is 3.07. The summed E-state index contributed by atoms with van der Waals surface area (Å²) in [7, 11) is 2.03. The molecular weight excluding hydrogens is 216 g/mol. The molecule has 0 bridgehead atoms. The van der Waals surface area contributed by atoms with Crippen molar-refractivity contribution in [2.24, 2.45) is 0 Å². The van der Waals surface area contributed by atoms with Crippen molar-refractivity contribution in [3.63, 3.8) is 0 Å². The molecule has 1 amide bonds. The highest BCUT2D eigenvalue weighted by atomic mass is 16.2. The van der Waals surface area contributed by atoms with E-state index in [-0.39, 0.29) is 5.91 Å². The summed E-state index contributed by atoms with van der Waals surface area (Å²) in [6.07, 6.45) is 3.56. The van der Waals surface area contributed by atoms with Crippen molar-refractivity contribution in [1.82, 2.24) is 15.2 Å². The van der Waals surface area contributed by atoms with Crippen molar-refractivity contribution >= 4 is 11.6 Å². The fourth-order valence-corrected chi connectivity index (χ4v) is 1.88. The van der Waals surface area contributed by atoms with Crippen LogP contribution in [0.15, 0.2) is 24.5 Å². The van der Waals surface area contributed by atoms with Gasteiger partial charge in [-0.1, -0.05) is 0 Å². The lowest BCUT2D eigenvalue weighted by molar-refractivity contribution is -0.131. The third kappa shape index (κ3) is 3.17. The molecule has 5 heteroatoms. The molecule has 0 atom stereocenters. The van der Waals surface area contributed by atoms with Crippen LogP contribution in [0.4, 0.5) is 5.69 Å². The second kappa shape index (κ2) is 5.63. The number of likely N-dealkylation sites (N-methyl/N-ethyl adjacent to an activating group) is 1. The number of carbonyl (C=O) groups is 1. The van der Waals surface area contributed by atoms with Crippen LogP contribution in [-0.2, 0) is 4.79 Å². The summed E-state index contributed by atoms with van der Waals surface area (Å²) in [6.45, 7) is 3.79. The molecule has 1 aromatic rings. The number of nitrogens with one attached hydrogen (secondary N) is 1. The molecule has 0 spiro atoms. The monoisotopic (exact) mass is 234 g/mol. The Hall–Kier alpha value is -1.62. The molecule has 1 aliphatic rings. The highest BCUT2D eigenvalue weighted by Gasteiger charge is 2.17. The number of anilines is 1. The van der Waals surface area contributed by atoms with Gasteiger partial charge in [0.15, 0.2) is 0 Å². The maximum Gasteiger partial charge on any atom is 0.236 e. The molecule has 1 aliphatic heterocycles. The van der Waals surface area contributed by atoms with Crippen molar-refractivity contribution < 1.29 is 4.79 Å². The number of hydrogen-bond acceptors (Lipinski definition) is 4. The smallest absolute Gasteiger partial charge is 0.236 e. The first-order valence-electron chi connectivity index (χ1n) is 5.87. The molecular formula is C12H18N4O. The lowest BCUT2D eigenvalue weighted by Gasteiger charge is -2.29. The zero-order valence-corrected chi connectivity index (χ0v) is 10.1. The lowest BCUT2D eigenvalue weighted by atomic mass is 10.3. The Morgan fingerprint density at radius 1 is 1.47 bits per heavy atom. The largest absolute Gasteiger partial charge is 0.373 e. The Bertz CT molecular complexity index is 368. The second-order valence-electron chi connectivity index (χ2n) is 4.18. The van der Waals surface area contributed by atoms with Gasteiger partial charge in [-0.3, -0.25) is 9.78 Å². The quantitative estimate of drug-likeness (QED) is 0.793. The summed E-state index contributed by atoms with van der Waals surface area (Å²) < 4.78 is 0. The van der Waals surface area contributed by atoms with Gasteiger partial charge in [0.2, 0.25) is 5.91 Å². The van der Waals surface area contributed by atoms with E-state index >= 15 is 0 Å². The molecule has 1 N–H and O–H groups in total. The van der Waals surface area contributed by atoms with Crippen LogP contribution in [0.1, 0.15) is 0 Å². The van der Waals surface area contributed by atoms with Gasteiger partial charge in [-0.2, -0.15) is 0 Å². The first-order chi connectivity index (χ1) is 8.27. The average Bonchev–Trinajstić information content (AvgIpc) is 2.38. The molecule has 0 saturated carbocycles. The minimum Gasteiger partial charge on any atom is -0.373 e. The number of piperazine rings is 1. The average molecular weight is 234 g/mol. The standard InChI is InChI=1S/C12H18N4O/c1-15(11-2-4-13-5-3-11)8-9-16-7-6-14-10-12(16)17/h2-5,14H,6-10H2,1H3. The van der Waals surface area contributed by atoms with E-state index in [4.69, 9.17) is 0 Å². The first-order valence-corrected chi connectivity index (χ1v) is 5.87. The van der Waals surface area contributed by atoms with Gasteiger partial charge in [-0.05, 0) is 12.1 Å². The van der Waals surface area contributed by atoms with Crippen LogP contribution in [0.25, 0.3) is 0 Å². The summed E-state index contributed by atoms with van der Waals surface area (Å²) in [5.74, 6) is 0.194. The van der Waals surface area contributed by atoms with Gasteiger partial charge in [-0.15, -0.1) is 0 Å². The van der Waals surface area contributed by atoms with Gasteiger partial charge < -0.3 is 15.1 Å². The zero-order valence-electron chi connectivity index (χ0n) is 10.1. The van der Waals surface area contributed by atoms with Crippen molar-refractivity contribution in [2.75, 3.05) is 44.7 Å². The Morgan fingerprint density at radius 2 is 2.24 bits per heavy atom. The minimum atomic E-state index is 0.194. The molecule has 2 heterocycles. The highest BCUT2D eigenvalue weighted by Crippen LogP contribution is 2.09. The van der Waals surface area contributed by atoms with E-state index in [1.54, 1.807) is 12.4 Å². The first kappa shape index (κ1) is 11.9. The normalized spacial score (nSPS) is 16.1. The third-order valence-corrected chi connectivity index (χ3v) is 3.00. The minimum absolute atomic E-state index is 0.194. The molecule has 0 aliphatic carbocycles. The number of nitrogens with zero attached hydrogens (tertiary/aromatic N) is 3. The lowest BCUT2D eigenvalue weighted by Crippen LogP contribution is -2.50. The van der Waals surface area contributed by atoms with Crippen LogP contribution >= 0.6 is 0 Å². The van der Waals surface area contributed by atoms with E-state index in [0.717, 1.165) is 31.9 Å². The van der Waals surface area contributed by atoms with Crippen LogP contribution < -0.4 is 10.2 Å². The summed E-state index contributed by atoms with van der Waals surface area (Å²) in [5.41, 5.74) is 1.13. The fourth-order valence-electron chi connectivity index (χ4n) is 1.88. The van der Waals surface area contributed by atoms with E-state index in [1.165, 1.54) is 0 Å². The zero-order chi connectivity index (χ0) is 12.1. The third-order valence-electron chi connectivity index (χ3n) is 3.00. The van der Waals surface area contributed by atoms with Gasteiger partial charge in [0.1, 0.15) is 0 Å². The molecule has 0 radical (unpaired) electrons. The van der Waals surface area contributed by atoms with Gasteiger partial charge in [0.25, 0.3) is 0 Å². The predicted molar refractivity (Wildman–Crippen MR) is 67.0 cm³/mol. The molecule has 92 valence electrons. The number of pyridine rings is 1. The van der Waals surface area contributed by atoms with E-state index in [0.29, 0.717) is 6.54 Å². The number of amides is 1. The van der Waals surface area contributed by atoms with Crippen molar-refractivity contribution in [2.45, 2.75) is 0 Å². The Labute approximate surface area is 101 Å². The van der Waals surface area contributed by atoms with E-state index in [2.05, 4.69) is 15.2 Å². The second-order valence-corrected chi connectivity index (χ2v) is 4.18. The Balaban J connectivity index is 1.83. The Morgan fingerprint density at radius 3 is 2.94 bits per heavy atom. The summed E-state index contributed by atoms with van der Waals surface area (Å²) in [4.78, 5) is 19.6. The number of hydrogen-bond donors (Lipinski definition) is 1. The van der Waals surface area contributed by atoms with E-state index < -0.39 is 0 Å². The van der Waals surface area contributed by atoms with Crippen LogP contribution in [0, 0.1) is 0 Å². The van der Waals surface area contributed by atoms with Crippen molar-refractivity contribution in [3.05, 3.63) is 24.5 Å². The van der Waals surface area contributed by atoms with E-state index in [9.17, 15) is 4.79 Å². The number of aromatic nitrogens is 1. The van der Waals surface area contributed by atoms with Gasteiger partial charge in [0, 0.05) is 51.3 Å². The maximum absolute atomic E-state index is 11.6. The summed E-state index contributed by atoms with van der Waals surface area (Å²) in [6, 6.07) is 3.94. The topological polar surface area (TPSA) is 48.5 Å².